The van der Waals surface area contributed by atoms with Crippen LogP contribution in [0.25, 0.3) is 6.08 Å². The van der Waals surface area contributed by atoms with Gasteiger partial charge in [0.15, 0.2) is 0 Å². The zero-order chi connectivity index (χ0) is 10.6. The van der Waals surface area contributed by atoms with Gasteiger partial charge < -0.3 is 5.11 Å². The van der Waals surface area contributed by atoms with Crippen molar-refractivity contribution in [3.63, 3.8) is 0 Å². The number of hydrogen-bond acceptors (Lipinski definition) is 2. The minimum absolute atomic E-state index is 0.0927. The number of aromatic nitrogens is 1. The van der Waals surface area contributed by atoms with E-state index in [1.807, 2.05) is 18.2 Å². The van der Waals surface area contributed by atoms with Gasteiger partial charge in [-0.3, -0.25) is 4.98 Å². The molecule has 1 aromatic rings. The zero-order valence-electron chi connectivity index (χ0n) is 8.37. The first-order chi connectivity index (χ1) is 6.63. The minimum Gasteiger partial charge on any atom is -0.392 e. The van der Waals surface area contributed by atoms with E-state index in [4.69, 9.17) is 5.11 Å². The molecule has 1 N–H and O–H groups in total. The fourth-order valence-corrected chi connectivity index (χ4v) is 1.29. The van der Waals surface area contributed by atoms with Crippen LogP contribution in [-0.4, -0.2) is 16.7 Å². The zero-order valence-corrected chi connectivity index (χ0v) is 9.95. The lowest BCUT2D eigenvalue weighted by Crippen LogP contribution is -1.99. The van der Waals surface area contributed by atoms with Gasteiger partial charge in [-0.25, -0.2) is 0 Å². The normalized spacial score (nSPS) is 12.2. The molecule has 0 aliphatic heterocycles. The Hall–Kier alpha value is -0.670. The van der Waals surface area contributed by atoms with Crippen molar-refractivity contribution in [2.45, 2.75) is 13.8 Å². The average Bonchev–Trinajstić information content (AvgIpc) is 2.16. The van der Waals surface area contributed by atoms with Crippen LogP contribution in [0.3, 0.4) is 0 Å². The SMILES string of the molecule is CC(C)/C(=C/c1ccc(Br)cn1)CO. The molecule has 1 aromatic heterocycles. The highest BCUT2D eigenvalue weighted by molar-refractivity contribution is 9.10. The highest BCUT2D eigenvalue weighted by atomic mass is 79.9. The molecule has 0 amide bonds. The molecular weight excluding hydrogens is 242 g/mol. The van der Waals surface area contributed by atoms with Crippen LogP contribution in [0, 0.1) is 5.92 Å². The lowest BCUT2D eigenvalue weighted by molar-refractivity contribution is 0.320. The summed E-state index contributed by atoms with van der Waals surface area (Å²) in [5, 5.41) is 9.11. The fourth-order valence-electron chi connectivity index (χ4n) is 1.06. The summed E-state index contributed by atoms with van der Waals surface area (Å²) in [4.78, 5) is 4.21. The van der Waals surface area contributed by atoms with E-state index in [1.54, 1.807) is 6.20 Å². The van der Waals surface area contributed by atoms with Crippen LogP contribution in [0.5, 0.6) is 0 Å². The number of rotatable bonds is 3. The van der Waals surface area contributed by atoms with E-state index >= 15 is 0 Å². The van der Waals surface area contributed by atoms with Gasteiger partial charge in [-0.2, -0.15) is 0 Å². The van der Waals surface area contributed by atoms with E-state index in [-0.39, 0.29) is 6.61 Å². The summed E-state index contributed by atoms with van der Waals surface area (Å²) < 4.78 is 0.963. The predicted octanol–water partition coefficient (Wildman–Crippen LogP) is 2.88. The molecule has 14 heavy (non-hydrogen) atoms. The summed E-state index contributed by atoms with van der Waals surface area (Å²) in [5.41, 5.74) is 1.88. The lowest BCUT2D eigenvalue weighted by Gasteiger charge is -2.07. The Morgan fingerprint density at radius 2 is 2.29 bits per heavy atom. The highest BCUT2D eigenvalue weighted by Gasteiger charge is 2.01. The van der Waals surface area contributed by atoms with Crippen LogP contribution in [0.4, 0.5) is 0 Å². The van der Waals surface area contributed by atoms with Crippen molar-refractivity contribution in [1.29, 1.82) is 0 Å². The molecule has 0 atom stereocenters. The predicted molar refractivity (Wildman–Crippen MR) is 61.8 cm³/mol. The Kier molecular flexibility index (Phi) is 4.29. The standard InChI is InChI=1S/C11H14BrNO/c1-8(2)9(7-14)5-11-4-3-10(12)6-13-11/h3-6,8,14H,7H2,1-2H3/b9-5+. The fraction of sp³-hybridized carbons (Fsp3) is 0.364. The lowest BCUT2D eigenvalue weighted by atomic mass is 10.0. The summed E-state index contributed by atoms with van der Waals surface area (Å²) in [6, 6.07) is 3.86. The maximum atomic E-state index is 9.11. The first kappa shape index (κ1) is 11.4. The van der Waals surface area contributed by atoms with Crippen molar-refractivity contribution in [3.05, 3.63) is 34.1 Å². The minimum atomic E-state index is 0.0927. The highest BCUT2D eigenvalue weighted by Crippen LogP contribution is 2.14. The van der Waals surface area contributed by atoms with Gasteiger partial charge in [0.05, 0.1) is 12.3 Å². The topological polar surface area (TPSA) is 33.1 Å². The van der Waals surface area contributed by atoms with Crippen molar-refractivity contribution >= 4 is 22.0 Å². The Labute approximate surface area is 92.8 Å². The third kappa shape index (κ3) is 3.24. The van der Waals surface area contributed by atoms with Gasteiger partial charge in [0.25, 0.3) is 0 Å². The van der Waals surface area contributed by atoms with Gasteiger partial charge in [0.1, 0.15) is 0 Å². The summed E-state index contributed by atoms with van der Waals surface area (Å²) in [6.45, 7) is 4.21. The summed E-state index contributed by atoms with van der Waals surface area (Å²) in [5.74, 6) is 0.352. The van der Waals surface area contributed by atoms with E-state index in [9.17, 15) is 0 Å². The number of nitrogens with zero attached hydrogens (tertiary/aromatic N) is 1. The second kappa shape index (κ2) is 5.27. The number of aliphatic hydroxyl groups is 1. The number of halogens is 1. The van der Waals surface area contributed by atoms with Crippen molar-refractivity contribution < 1.29 is 5.11 Å². The molecule has 0 aromatic carbocycles. The summed E-state index contributed by atoms with van der Waals surface area (Å²) >= 11 is 3.33. The molecule has 0 spiro atoms. The molecule has 3 heteroatoms. The number of aliphatic hydroxyl groups excluding tert-OH is 1. The molecule has 0 radical (unpaired) electrons. The number of hydrogen-bond donors (Lipinski definition) is 1. The van der Waals surface area contributed by atoms with Crippen LogP contribution in [-0.2, 0) is 0 Å². The maximum absolute atomic E-state index is 9.11. The second-order valence-corrected chi connectivity index (χ2v) is 4.35. The molecular formula is C11H14BrNO. The molecule has 1 heterocycles. The van der Waals surface area contributed by atoms with Crippen LogP contribution in [0.2, 0.25) is 0 Å². The van der Waals surface area contributed by atoms with Crippen LogP contribution >= 0.6 is 15.9 Å². The monoisotopic (exact) mass is 255 g/mol. The molecule has 0 unspecified atom stereocenters. The van der Waals surface area contributed by atoms with Gasteiger partial charge in [0, 0.05) is 10.7 Å². The molecule has 0 saturated heterocycles. The van der Waals surface area contributed by atoms with Crippen LogP contribution < -0.4 is 0 Å². The Morgan fingerprint density at radius 3 is 2.71 bits per heavy atom. The van der Waals surface area contributed by atoms with Crippen LogP contribution in [0.15, 0.2) is 28.4 Å². The van der Waals surface area contributed by atoms with Gasteiger partial charge >= 0.3 is 0 Å². The van der Waals surface area contributed by atoms with E-state index in [2.05, 4.69) is 34.8 Å². The van der Waals surface area contributed by atoms with E-state index < -0.39 is 0 Å². The molecule has 1 rings (SSSR count). The third-order valence-electron chi connectivity index (χ3n) is 2.01. The smallest absolute Gasteiger partial charge is 0.0648 e. The largest absolute Gasteiger partial charge is 0.392 e. The summed E-state index contributed by atoms with van der Waals surface area (Å²) in [7, 11) is 0. The van der Waals surface area contributed by atoms with E-state index in [1.165, 1.54) is 0 Å². The molecule has 2 nitrogen and oxygen atoms in total. The second-order valence-electron chi connectivity index (χ2n) is 3.43. The van der Waals surface area contributed by atoms with Crippen molar-refractivity contribution in [3.8, 4) is 0 Å². The first-order valence-electron chi connectivity index (χ1n) is 4.56. The molecule has 0 bridgehead atoms. The Balaban J connectivity index is 2.89. The quantitative estimate of drug-likeness (QED) is 0.902. The maximum Gasteiger partial charge on any atom is 0.0648 e. The van der Waals surface area contributed by atoms with E-state index in [0.717, 1.165) is 15.7 Å². The first-order valence-corrected chi connectivity index (χ1v) is 5.35. The number of pyridine rings is 1. The molecule has 0 saturated carbocycles. The van der Waals surface area contributed by atoms with Gasteiger partial charge in [-0.05, 0) is 45.6 Å². The van der Waals surface area contributed by atoms with Crippen molar-refractivity contribution in [2.75, 3.05) is 6.61 Å². The Bertz CT molecular complexity index is 317. The molecule has 76 valence electrons. The third-order valence-corrected chi connectivity index (χ3v) is 2.48. The molecule has 0 aliphatic rings. The van der Waals surface area contributed by atoms with Gasteiger partial charge in [-0.1, -0.05) is 13.8 Å². The van der Waals surface area contributed by atoms with Gasteiger partial charge in [0.2, 0.25) is 0 Å². The molecule has 0 aliphatic carbocycles. The van der Waals surface area contributed by atoms with Crippen molar-refractivity contribution in [1.82, 2.24) is 4.98 Å². The summed E-state index contributed by atoms with van der Waals surface area (Å²) in [6.07, 6.45) is 3.68. The van der Waals surface area contributed by atoms with E-state index in [0.29, 0.717) is 5.92 Å². The Morgan fingerprint density at radius 1 is 1.57 bits per heavy atom. The van der Waals surface area contributed by atoms with Gasteiger partial charge in [-0.15, -0.1) is 0 Å². The van der Waals surface area contributed by atoms with Crippen LogP contribution in [0.1, 0.15) is 19.5 Å². The average molecular weight is 256 g/mol. The molecule has 0 fully saturated rings. The van der Waals surface area contributed by atoms with Crippen molar-refractivity contribution in [2.24, 2.45) is 5.92 Å².